The quantitative estimate of drug-likeness (QED) is 0.615. The number of nitrogens with one attached hydrogen (secondary N) is 1. The van der Waals surface area contributed by atoms with Crippen molar-refractivity contribution in [3.8, 4) is 0 Å². The van der Waals surface area contributed by atoms with Crippen molar-refractivity contribution in [2.45, 2.75) is 24.8 Å². The van der Waals surface area contributed by atoms with Gasteiger partial charge in [0.25, 0.3) is 0 Å². The number of halogens is 7. The smallest absolute Gasteiger partial charge is 0.315 e. The van der Waals surface area contributed by atoms with E-state index in [-0.39, 0.29) is 16.1 Å². The Morgan fingerprint density at radius 3 is 2.28 bits per heavy atom. The van der Waals surface area contributed by atoms with E-state index in [4.69, 9.17) is 11.6 Å². The molecule has 3 rings (SSSR count). The van der Waals surface area contributed by atoms with Gasteiger partial charge in [0, 0.05) is 24.7 Å². The lowest BCUT2D eigenvalue weighted by atomic mass is 9.91. The summed E-state index contributed by atoms with van der Waals surface area (Å²) >= 11 is 6.23. The summed E-state index contributed by atoms with van der Waals surface area (Å²) in [7, 11) is 0. The van der Waals surface area contributed by atoms with Crippen LogP contribution in [0.1, 0.15) is 34.7 Å². The molecule has 2 aromatic rings. The third-order valence-corrected chi connectivity index (χ3v) is 5.26. The minimum Gasteiger partial charge on any atom is -0.315 e. The molecule has 1 N–H and O–H groups in total. The summed E-state index contributed by atoms with van der Waals surface area (Å²) in [6.45, 7) is 2.00. The van der Waals surface area contributed by atoms with Crippen molar-refractivity contribution in [1.82, 2.24) is 10.2 Å². The monoisotopic (exact) mass is 436 g/mol. The zero-order valence-electron chi connectivity index (χ0n) is 15.2. The number of benzene rings is 2. The number of hydrogen-bond acceptors (Lipinski definition) is 2. The molecule has 0 aliphatic carbocycles. The summed E-state index contributed by atoms with van der Waals surface area (Å²) < 4.78 is 81.0. The second-order valence-electron chi connectivity index (χ2n) is 6.86. The predicted octanol–water partition coefficient (Wildman–Crippen LogP) is 5.76. The molecule has 29 heavy (non-hydrogen) atoms. The van der Waals surface area contributed by atoms with E-state index >= 15 is 0 Å². The van der Waals surface area contributed by atoms with Gasteiger partial charge in [0.15, 0.2) is 0 Å². The highest BCUT2D eigenvalue weighted by Gasteiger charge is 2.38. The lowest BCUT2D eigenvalue weighted by Crippen LogP contribution is -2.34. The van der Waals surface area contributed by atoms with Gasteiger partial charge in [-0.3, -0.25) is 4.90 Å². The Morgan fingerprint density at radius 1 is 0.862 bits per heavy atom. The van der Waals surface area contributed by atoms with E-state index < -0.39 is 29.5 Å². The summed E-state index contributed by atoms with van der Waals surface area (Å²) in [6.07, 6.45) is -8.62. The molecule has 2 nitrogen and oxygen atoms in total. The maximum atomic E-state index is 13.7. The van der Waals surface area contributed by atoms with Crippen molar-refractivity contribution in [3.05, 3.63) is 69.7 Å². The molecule has 1 heterocycles. The molecule has 0 aromatic heterocycles. The minimum absolute atomic E-state index is 0.00261. The highest BCUT2D eigenvalue weighted by atomic mass is 35.5. The standard InChI is InChI=1S/C20H19ClF6N2/c21-17-7-6-13(19(22,23)24)12-15(17)18(29-10-3-8-28-9-11-29)14-4-1-2-5-16(14)20(25,26)27/h1-2,4-7,12,18,28H,3,8-11H2. The average molecular weight is 437 g/mol. The van der Waals surface area contributed by atoms with E-state index in [1.54, 1.807) is 4.90 Å². The van der Waals surface area contributed by atoms with Crippen LogP contribution in [0.3, 0.4) is 0 Å². The van der Waals surface area contributed by atoms with Crippen LogP contribution >= 0.6 is 11.6 Å². The normalized spacial score (nSPS) is 17.8. The van der Waals surface area contributed by atoms with E-state index in [1.807, 2.05) is 0 Å². The molecule has 0 radical (unpaired) electrons. The first-order valence-corrected chi connectivity index (χ1v) is 9.44. The summed E-state index contributed by atoms with van der Waals surface area (Å²) in [5.74, 6) is 0. The molecular formula is C20H19ClF6N2. The summed E-state index contributed by atoms with van der Waals surface area (Å²) in [5.41, 5.74) is -1.92. The van der Waals surface area contributed by atoms with Crippen LogP contribution in [0.5, 0.6) is 0 Å². The van der Waals surface area contributed by atoms with E-state index in [0.29, 0.717) is 32.6 Å². The van der Waals surface area contributed by atoms with Gasteiger partial charge in [-0.2, -0.15) is 26.3 Å². The average Bonchev–Trinajstić information content (AvgIpc) is 2.91. The third kappa shape index (κ3) is 5.05. The molecule has 0 spiro atoms. The molecule has 9 heteroatoms. The van der Waals surface area contributed by atoms with E-state index in [1.165, 1.54) is 18.2 Å². The Balaban J connectivity index is 2.21. The molecule has 1 atom stereocenters. The minimum atomic E-state index is -4.65. The van der Waals surface area contributed by atoms with E-state index in [0.717, 1.165) is 24.3 Å². The molecule has 1 saturated heterocycles. The van der Waals surface area contributed by atoms with Gasteiger partial charge < -0.3 is 5.32 Å². The fourth-order valence-corrected chi connectivity index (χ4v) is 3.83. The van der Waals surface area contributed by atoms with Gasteiger partial charge in [-0.25, -0.2) is 0 Å². The summed E-state index contributed by atoms with van der Waals surface area (Å²) in [4.78, 5) is 1.76. The molecule has 158 valence electrons. The van der Waals surface area contributed by atoms with E-state index in [2.05, 4.69) is 5.32 Å². The number of hydrogen-bond donors (Lipinski definition) is 1. The van der Waals surface area contributed by atoms with Crippen molar-refractivity contribution >= 4 is 11.6 Å². The Labute approximate surface area is 169 Å². The molecule has 0 saturated carbocycles. The first-order valence-electron chi connectivity index (χ1n) is 9.06. The highest BCUT2D eigenvalue weighted by molar-refractivity contribution is 6.31. The largest absolute Gasteiger partial charge is 0.416 e. The molecule has 1 unspecified atom stereocenters. The second-order valence-corrected chi connectivity index (χ2v) is 7.27. The molecule has 1 fully saturated rings. The van der Waals surface area contributed by atoms with Gasteiger partial charge in [-0.15, -0.1) is 0 Å². The molecule has 1 aliphatic rings. The van der Waals surface area contributed by atoms with Crippen molar-refractivity contribution < 1.29 is 26.3 Å². The Morgan fingerprint density at radius 2 is 1.59 bits per heavy atom. The topological polar surface area (TPSA) is 15.3 Å². The first kappa shape index (κ1) is 21.9. The SMILES string of the molecule is FC(F)(F)c1ccc(Cl)c(C(c2ccccc2C(F)(F)F)N2CCCNCC2)c1. The third-order valence-electron chi connectivity index (χ3n) is 4.92. The lowest BCUT2D eigenvalue weighted by Gasteiger charge is -2.33. The van der Waals surface area contributed by atoms with Crippen LogP contribution in [0, 0.1) is 0 Å². The Hall–Kier alpha value is -1.77. The zero-order chi connectivity index (χ0) is 21.2. The fraction of sp³-hybridized carbons (Fsp3) is 0.400. The molecule has 0 amide bonds. The number of alkyl halides is 6. The van der Waals surface area contributed by atoms with Gasteiger partial charge in [0.2, 0.25) is 0 Å². The van der Waals surface area contributed by atoms with Gasteiger partial charge in [0.1, 0.15) is 0 Å². The fourth-order valence-electron chi connectivity index (χ4n) is 3.61. The van der Waals surface area contributed by atoms with Crippen molar-refractivity contribution in [2.75, 3.05) is 26.2 Å². The van der Waals surface area contributed by atoms with Crippen molar-refractivity contribution in [1.29, 1.82) is 0 Å². The van der Waals surface area contributed by atoms with Crippen LogP contribution in [-0.4, -0.2) is 31.1 Å². The van der Waals surface area contributed by atoms with Crippen LogP contribution in [0.2, 0.25) is 5.02 Å². The van der Waals surface area contributed by atoms with Crippen molar-refractivity contribution in [2.24, 2.45) is 0 Å². The first-order chi connectivity index (χ1) is 13.6. The van der Waals surface area contributed by atoms with Gasteiger partial charge in [-0.1, -0.05) is 29.8 Å². The van der Waals surface area contributed by atoms with Gasteiger partial charge >= 0.3 is 12.4 Å². The van der Waals surface area contributed by atoms with Gasteiger partial charge in [0.05, 0.1) is 17.2 Å². The van der Waals surface area contributed by atoms with Crippen LogP contribution in [0.4, 0.5) is 26.3 Å². The zero-order valence-corrected chi connectivity index (χ0v) is 16.0. The van der Waals surface area contributed by atoms with Crippen LogP contribution in [0.15, 0.2) is 42.5 Å². The van der Waals surface area contributed by atoms with Crippen LogP contribution in [-0.2, 0) is 12.4 Å². The Bertz CT molecular complexity index is 842. The van der Waals surface area contributed by atoms with E-state index in [9.17, 15) is 26.3 Å². The maximum Gasteiger partial charge on any atom is 0.416 e. The molecule has 1 aliphatic heterocycles. The van der Waals surface area contributed by atoms with Crippen molar-refractivity contribution in [3.63, 3.8) is 0 Å². The van der Waals surface area contributed by atoms with Crippen LogP contribution < -0.4 is 5.32 Å². The number of rotatable bonds is 3. The summed E-state index contributed by atoms with van der Waals surface area (Å²) in [6, 6.07) is 6.71. The lowest BCUT2D eigenvalue weighted by molar-refractivity contribution is -0.139. The molecule has 0 bridgehead atoms. The second kappa shape index (κ2) is 8.53. The Kier molecular flexibility index (Phi) is 6.45. The highest BCUT2D eigenvalue weighted by Crippen LogP contribution is 2.42. The van der Waals surface area contributed by atoms with Gasteiger partial charge in [-0.05, 0) is 48.4 Å². The molecular weight excluding hydrogens is 418 g/mol. The number of nitrogens with zero attached hydrogens (tertiary/aromatic N) is 1. The van der Waals surface area contributed by atoms with Crippen LogP contribution in [0.25, 0.3) is 0 Å². The molecule has 2 aromatic carbocycles. The summed E-state index contributed by atoms with van der Waals surface area (Å²) in [5, 5.41) is 3.15. The maximum absolute atomic E-state index is 13.7. The predicted molar refractivity (Wildman–Crippen MR) is 98.8 cm³/mol.